The van der Waals surface area contributed by atoms with Crippen LogP contribution in [0.1, 0.15) is 6.42 Å². The molecule has 0 unspecified atom stereocenters. The highest BCUT2D eigenvalue weighted by Gasteiger charge is 2.22. The van der Waals surface area contributed by atoms with Gasteiger partial charge >= 0.3 is 5.97 Å². The van der Waals surface area contributed by atoms with Gasteiger partial charge in [-0.15, -0.1) is 11.3 Å². The maximum atomic E-state index is 12.0. The average molecular weight is 278 g/mol. The van der Waals surface area contributed by atoms with Crippen LogP contribution in [0.4, 0.5) is 5.69 Å². The summed E-state index contributed by atoms with van der Waals surface area (Å²) in [6, 6.07) is 1.40. The molecule has 0 atom stereocenters. The molecule has 1 aromatic heterocycles. The number of nitrogen functional groups attached to an aromatic ring is 1. The van der Waals surface area contributed by atoms with E-state index in [1.54, 1.807) is 5.38 Å². The van der Waals surface area contributed by atoms with Crippen LogP contribution >= 0.6 is 11.3 Å². The van der Waals surface area contributed by atoms with Crippen molar-refractivity contribution in [3.05, 3.63) is 11.4 Å². The number of nitrogens with zero attached hydrogens (tertiary/aromatic N) is 1. The number of rotatable bonds is 5. The number of hydrogen-bond donors (Lipinski definition) is 1. The van der Waals surface area contributed by atoms with Crippen molar-refractivity contribution in [2.24, 2.45) is 0 Å². The van der Waals surface area contributed by atoms with Crippen molar-refractivity contribution in [3.63, 3.8) is 0 Å². The van der Waals surface area contributed by atoms with Crippen molar-refractivity contribution in [1.29, 1.82) is 0 Å². The van der Waals surface area contributed by atoms with Crippen molar-refractivity contribution < 1.29 is 17.9 Å². The molecular formula is C9H14N2O4S2. The molecule has 0 bridgehead atoms. The summed E-state index contributed by atoms with van der Waals surface area (Å²) in [5.41, 5.74) is 5.88. The lowest BCUT2D eigenvalue weighted by Crippen LogP contribution is -2.28. The number of nitrogens with two attached hydrogens (primary N) is 1. The molecule has 0 fully saturated rings. The van der Waals surface area contributed by atoms with Gasteiger partial charge in [-0.05, 0) is 6.07 Å². The monoisotopic (exact) mass is 278 g/mol. The molecular weight excluding hydrogens is 264 g/mol. The molecule has 6 nitrogen and oxygen atoms in total. The maximum Gasteiger partial charge on any atom is 0.306 e. The van der Waals surface area contributed by atoms with Gasteiger partial charge in [0.25, 0.3) is 10.0 Å². The highest BCUT2D eigenvalue weighted by molar-refractivity contribution is 7.91. The Kier molecular flexibility index (Phi) is 4.49. The summed E-state index contributed by atoms with van der Waals surface area (Å²) >= 11 is 1.05. The Bertz CT molecular complexity index is 495. The van der Waals surface area contributed by atoms with Gasteiger partial charge in [-0.3, -0.25) is 4.79 Å². The average Bonchev–Trinajstić information content (AvgIpc) is 2.72. The van der Waals surface area contributed by atoms with E-state index < -0.39 is 16.0 Å². The Morgan fingerprint density at radius 1 is 1.59 bits per heavy atom. The molecule has 1 aromatic rings. The summed E-state index contributed by atoms with van der Waals surface area (Å²) < 4.78 is 29.7. The van der Waals surface area contributed by atoms with Crippen LogP contribution in [-0.4, -0.2) is 39.4 Å². The lowest BCUT2D eigenvalue weighted by Gasteiger charge is -2.14. The van der Waals surface area contributed by atoms with Crippen molar-refractivity contribution >= 4 is 33.0 Å². The number of carbonyl (C=O) groups excluding carboxylic acids is 1. The quantitative estimate of drug-likeness (QED) is 0.793. The maximum absolute atomic E-state index is 12.0. The number of sulfonamides is 1. The summed E-state index contributed by atoms with van der Waals surface area (Å²) in [6.45, 7) is 0.0762. The predicted octanol–water partition coefficient (Wildman–Crippen LogP) is 0.514. The molecule has 0 aliphatic carbocycles. The smallest absolute Gasteiger partial charge is 0.306 e. The third-order valence-corrected chi connectivity index (χ3v) is 5.41. The molecule has 0 aliphatic heterocycles. The van der Waals surface area contributed by atoms with Gasteiger partial charge in [0.2, 0.25) is 0 Å². The van der Waals surface area contributed by atoms with Crippen LogP contribution in [0.3, 0.4) is 0 Å². The summed E-state index contributed by atoms with van der Waals surface area (Å²) in [5.74, 6) is -0.447. The predicted molar refractivity (Wildman–Crippen MR) is 65.2 cm³/mol. The molecule has 0 saturated heterocycles. The number of methoxy groups -OCH3 is 1. The first kappa shape index (κ1) is 13.9. The van der Waals surface area contributed by atoms with Gasteiger partial charge in [0, 0.05) is 24.7 Å². The van der Waals surface area contributed by atoms with Gasteiger partial charge in [0.1, 0.15) is 4.21 Å². The molecule has 0 spiro atoms. The first-order valence-corrected chi connectivity index (χ1v) is 7.07. The Morgan fingerprint density at radius 3 is 2.71 bits per heavy atom. The van der Waals surface area contributed by atoms with Crippen molar-refractivity contribution in [3.8, 4) is 0 Å². The van der Waals surface area contributed by atoms with Gasteiger partial charge in [0.05, 0.1) is 13.5 Å². The summed E-state index contributed by atoms with van der Waals surface area (Å²) in [7, 11) is -0.886. The van der Waals surface area contributed by atoms with Crippen LogP contribution in [0.25, 0.3) is 0 Å². The summed E-state index contributed by atoms with van der Waals surface area (Å²) in [4.78, 5) is 10.9. The number of hydrogen-bond acceptors (Lipinski definition) is 6. The van der Waals surface area contributed by atoms with Gasteiger partial charge in [-0.1, -0.05) is 0 Å². The number of ether oxygens (including phenoxy) is 1. The second-order valence-corrected chi connectivity index (χ2v) is 6.53. The van der Waals surface area contributed by atoms with E-state index in [1.807, 2.05) is 0 Å². The molecule has 1 heterocycles. The van der Waals surface area contributed by atoms with Crippen molar-refractivity contribution in [2.75, 3.05) is 26.4 Å². The summed E-state index contributed by atoms with van der Waals surface area (Å²) in [6.07, 6.45) is 0.0209. The fourth-order valence-electron chi connectivity index (χ4n) is 1.09. The zero-order chi connectivity index (χ0) is 13.1. The van der Waals surface area contributed by atoms with Crippen LogP contribution in [0.15, 0.2) is 15.7 Å². The number of anilines is 1. The first-order valence-electron chi connectivity index (χ1n) is 4.75. The van der Waals surface area contributed by atoms with Crippen LogP contribution < -0.4 is 5.73 Å². The Balaban J connectivity index is 2.74. The Hall–Kier alpha value is -1.12. The van der Waals surface area contributed by atoms with E-state index in [9.17, 15) is 13.2 Å². The third kappa shape index (κ3) is 3.42. The number of esters is 1. The molecule has 2 N–H and O–H groups in total. The molecule has 0 radical (unpaired) electrons. The van der Waals surface area contributed by atoms with E-state index in [2.05, 4.69) is 4.74 Å². The van der Waals surface area contributed by atoms with Crippen molar-refractivity contribution in [2.45, 2.75) is 10.6 Å². The highest BCUT2D eigenvalue weighted by Crippen LogP contribution is 2.24. The van der Waals surface area contributed by atoms with Gasteiger partial charge in [0.15, 0.2) is 0 Å². The SMILES string of the molecule is COC(=O)CCN(C)S(=O)(=O)c1cc(N)cs1. The van der Waals surface area contributed by atoms with Crippen LogP contribution in [0.2, 0.25) is 0 Å². The normalized spacial score (nSPS) is 11.7. The summed E-state index contributed by atoms with van der Waals surface area (Å²) in [5, 5.41) is 1.56. The third-order valence-electron chi connectivity index (χ3n) is 2.12. The van der Waals surface area contributed by atoms with Gasteiger partial charge in [-0.2, -0.15) is 4.31 Å². The molecule has 17 heavy (non-hydrogen) atoms. The molecule has 0 saturated carbocycles. The van der Waals surface area contributed by atoms with E-state index in [1.165, 1.54) is 20.2 Å². The second kappa shape index (κ2) is 5.48. The molecule has 0 aliphatic rings. The minimum Gasteiger partial charge on any atom is -0.469 e. The van der Waals surface area contributed by atoms with Crippen molar-refractivity contribution in [1.82, 2.24) is 4.31 Å². The van der Waals surface area contributed by atoms with Gasteiger partial charge in [-0.25, -0.2) is 8.42 Å². The first-order chi connectivity index (χ1) is 7.87. The van der Waals surface area contributed by atoms with E-state index in [0.29, 0.717) is 5.69 Å². The highest BCUT2D eigenvalue weighted by atomic mass is 32.2. The number of carbonyl (C=O) groups is 1. The second-order valence-electron chi connectivity index (χ2n) is 3.35. The number of thiophene rings is 1. The van der Waals surface area contributed by atoms with E-state index in [0.717, 1.165) is 15.6 Å². The Morgan fingerprint density at radius 2 is 2.24 bits per heavy atom. The topological polar surface area (TPSA) is 89.7 Å². The lowest BCUT2D eigenvalue weighted by molar-refractivity contribution is -0.140. The van der Waals surface area contributed by atoms with Crippen LogP contribution in [0.5, 0.6) is 0 Å². The van der Waals surface area contributed by atoms with Crippen LogP contribution in [0, 0.1) is 0 Å². The molecule has 8 heteroatoms. The standard InChI is InChI=1S/C9H14N2O4S2/c1-11(4-3-8(12)15-2)17(13,14)9-5-7(10)6-16-9/h5-6H,3-4,10H2,1-2H3. The van der Waals surface area contributed by atoms with Gasteiger partial charge < -0.3 is 10.5 Å². The Labute approximate surface area is 104 Å². The van der Waals surface area contributed by atoms with Crippen LogP contribution in [-0.2, 0) is 19.6 Å². The zero-order valence-corrected chi connectivity index (χ0v) is 11.2. The lowest BCUT2D eigenvalue weighted by atomic mass is 10.4. The fraction of sp³-hybridized carbons (Fsp3) is 0.444. The molecule has 96 valence electrons. The zero-order valence-electron chi connectivity index (χ0n) is 9.54. The van der Waals surface area contributed by atoms with E-state index in [4.69, 9.17) is 5.73 Å². The minimum absolute atomic E-state index is 0.0209. The van der Waals surface area contributed by atoms with E-state index in [-0.39, 0.29) is 17.2 Å². The largest absolute Gasteiger partial charge is 0.469 e. The molecule has 0 aromatic carbocycles. The molecule has 0 amide bonds. The fourth-order valence-corrected chi connectivity index (χ4v) is 3.55. The minimum atomic E-state index is -3.56. The molecule has 1 rings (SSSR count). The van der Waals surface area contributed by atoms with E-state index >= 15 is 0 Å².